The first-order valence-corrected chi connectivity index (χ1v) is 6.15. The Balaban J connectivity index is 1.81. The minimum Gasteiger partial charge on any atom is -0.389 e. The lowest BCUT2D eigenvalue weighted by atomic mass is 10.3. The molecule has 3 heterocycles. The van der Waals surface area contributed by atoms with Gasteiger partial charge >= 0.3 is 0 Å². The van der Waals surface area contributed by atoms with E-state index < -0.39 is 12.2 Å². The lowest BCUT2D eigenvalue weighted by molar-refractivity contribution is 0.0572. The summed E-state index contributed by atoms with van der Waals surface area (Å²) in [6.07, 6.45) is 2.71. The van der Waals surface area contributed by atoms with Gasteiger partial charge in [0.25, 0.3) is 0 Å². The van der Waals surface area contributed by atoms with E-state index in [9.17, 15) is 10.2 Å². The normalized spacial score (nSPS) is 25.1. The standard InChI is InChI=1S/C13H17N3O2/c1-9-3-2-4-16-6-10(14-13(9)16)5-15-7-11(17)12(18)8-15/h2-4,6,11-12,17-18H,5,7-8H2,1H3. The van der Waals surface area contributed by atoms with Crippen LogP contribution in [0.25, 0.3) is 5.65 Å². The van der Waals surface area contributed by atoms with Crippen molar-refractivity contribution < 1.29 is 10.2 Å². The molecular formula is C13H17N3O2. The van der Waals surface area contributed by atoms with E-state index in [1.807, 2.05) is 40.8 Å². The number of fused-ring (bicyclic) bond motifs is 1. The van der Waals surface area contributed by atoms with E-state index in [0.29, 0.717) is 19.6 Å². The van der Waals surface area contributed by atoms with Crippen LogP contribution in [0.4, 0.5) is 0 Å². The molecule has 1 aliphatic heterocycles. The third-order valence-electron chi connectivity index (χ3n) is 3.45. The highest BCUT2D eigenvalue weighted by Gasteiger charge is 2.29. The summed E-state index contributed by atoms with van der Waals surface area (Å²) in [6.45, 7) is 3.72. The molecule has 0 spiro atoms. The van der Waals surface area contributed by atoms with Crippen LogP contribution in [0.5, 0.6) is 0 Å². The predicted molar refractivity (Wildman–Crippen MR) is 67.2 cm³/mol. The summed E-state index contributed by atoms with van der Waals surface area (Å²) in [5, 5.41) is 19.0. The fourth-order valence-electron chi connectivity index (χ4n) is 2.49. The number of aryl methyl sites for hydroxylation is 1. The molecule has 0 radical (unpaired) electrons. The topological polar surface area (TPSA) is 61.0 Å². The molecule has 0 aliphatic carbocycles. The Kier molecular flexibility index (Phi) is 2.81. The lowest BCUT2D eigenvalue weighted by Gasteiger charge is -2.11. The van der Waals surface area contributed by atoms with Gasteiger partial charge in [0, 0.05) is 32.0 Å². The molecule has 1 saturated heterocycles. The Hall–Kier alpha value is -1.43. The van der Waals surface area contributed by atoms with Crippen molar-refractivity contribution in [3.05, 3.63) is 35.8 Å². The quantitative estimate of drug-likeness (QED) is 0.795. The molecule has 0 aromatic carbocycles. The van der Waals surface area contributed by atoms with Gasteiger partial charge in [-0.15, -0.1) is 0 Å². The number of nitrogens with zero attached hydrogens (tertiary/aromatic N) is 3. The van der Waals surface area contributed by atoms with Crippen molar-refractivity contribution in [2.45, 2.75) is 25.7 Å². The van der Waals surface area contributed by atoms with E-state index in [4.69, 9.17) is 0 Å². The zero-order valence-corrected chi connectivity index (χ0v) is 10.3. The van der Waals surface area contributed by atoms with Gasteiger partial charge in [-0.05, 0) is 18.6 Å². The summed E-state index contributed by atoms with van der Waals surface area (Å²) < 4.78 is 2.01. The van der Waals surface area contributed by atoms with Gasteiger partial charge in [-0.3, -0.25) is 4.90 Å². The fraction of sp³-hybridized carbons (Fsp3) is 0.462. The maximum atomic E-state index is 9.51. The molecule has 1 aliphatic rings. The summed E-state index contributed by atoms with van der Waals surface area (Å²) in [7, 11) is 0. The molecule has 0 saturated carbocycles. The van der Waals surface area contributed by atoms with Gasteiger partial charge < -0.3 is 14.6 Å². The van der Waals surface area contributed by atoms with Crippen LogP contribution in [0.2, 0.25) is 0 Å². The first kappa shape index (κ1) is 11.6. The largest absolute Gasteiger partial charge is 0.389 e. The summed E-state index contributed by atoms with van der Waals surface area (Å²) in [4.78, 5) is 6.60. The number of aromatic nitrogens is 2. The van der Waals surface area contributed by atoms with Crippen LogP contribution in [0.15, 0.2) is 24.5 Å². The van der Waals surface area contributed by atoms with Gasteiger partial charge in [0.1, 0.15) is 5.65 Å². The Labute approximate surface area is 105 Å². The van der Waals surface area contributed by atoms with Crippen molar-refractivity contribution in [1.82, 2.24) is 14.3 Å². The maximum absolute atomic E-state index is 9.51. The van der Waals surface area contributed by atoms with Gasteiger partial charge in [0.05, 0.1) is 17.9 Å². The van der Waals surface area contributed by atoms with E-state index in [0.717, 1.165) is 16.9 Å². The van der Waals surface area contributed by atoms with E-state index in [2.05, 4.69) is 4.98 Å². The molecule has 2 aromatic rings. The van der Waals surface area contributed by atoms with Gasteiger partial charge in [-0.2, -0.15) is 0 Å². The van der Waals surface area contributed by atoms with Crippen molar-refractivity contribution in [2.75, 3.05) is 13.1 Å². The Bertz CT molecular complexity index is 556. The van der Waals surface area contributed by atoms with E-state index in [-0.39, 0.29) is 0 Å². The van der Waals surface area contributed by atoms with Crippen LogP contribution >= 0.6 is 0 Å². The Morgan fingerprint density at radius 1 is 1.33 bits per heavy atom. The van der Waals surface area contributed by atoms with Crippen LogP contribution in [-0.2, 0) is 6.54 Å². The van der Waals surface area contributed by atoms with Gasteiger partial charge in [0.2, 0.25) is 0 Å². The van der Waals surface area contributed by atoms with Crippen LogP contribution in [-0.4, -0.2) is 49.8 Å². The molecule has 96 valence electrons. The van der Waals surface area contributed by atoms with Crippen molar-refractivity contribution in [3.8, 4) is 0 Å². The van der Waals surface area contributed by atoms with Gasteiger partial charge in [-0.1, -0.05) is 6.07 Å². The zero-order valence-electron chi connectivity index (χ0n) is 10.3. The summed E-state index contributed by atoms with van der Waals surface area (Å²) in [6, 6.07) is 4.03. The molecule has 2 unspecified atom stereocenters. The molecule has 5 heteroatoms. The van der Waals surface area contributed by atoms with Crippen LogP contribution < -0.4 is 0 Å². The molecule has 2 aromatic heterocycles. The third kappa shape index (κ3) is 2.01. The van der Waals surface area contributed by atoms with Crippen molar-refractivity contribution >= 4 is 5.65 Å². The number of pyridine rings is 1. The van der Waals surface area contributed by atoms with Crippen molar-refractivity contribution in [2.24, 2.45) is 0 Å². The highest BCUT2D eigenvalue weighted by molar-refractivity contribution is 5.47. The second-order valence-electron chi connectivity index (χ2n) is 4.98. The number of aliphatic hydroxyl groups is 2. The average molecular weight is 247 g/mol. The summed E-state index contributed by atoms with van der Waals surface area (Å²) >= 11 is 0. The molecule has 2 atom stereocenters. The molecule has 0 amide bonds. The number of imidazole rings is 1. The summed E-state index contributed by atoms with van der Waals surface area (Å²) in [5.41, 5.74) is 3.07. The Morgan fingerprint density at radius 2 is 2.06 bits per heavy atom. The highest BCUT2D eigenvalue weighted by atomic mass is 16.3. The van der Waals surface area contributed by atoms with Crippen LogP contribution in [0.3, 0.4) is 0 Å². The number of rotatable bonds is 2. The second kappa shape index (κ2) is 4.35. The maximum Gasteiger partial charge on any atom is 0.139 e. The number of β-amino-alcohol motifs (C(OH)–C–C–N with tert-alkyl or cyclic N) is 2. The number of likely N-dealkylation sites (tertiary alicyclic amines) is 1. The molecule has 1 fully saturated rings. The zero-order chi connectivity index (χ0) is 12.7. The average Bonchev–Trinajstić information content (AvgIpc) is 2.85. The number of hydrogen-bond acceptors (Lipinski definition) is 4. The molecule has 5 nitrogen and oxygen atoms in total. The lowest BCUT2D eigenvalue weighted by Crippen LogP contribution is -2.22. The molecule has 3 rings (SSSR count). The van der Waals surface area contributed by atoms with Crippen LogP contribution in [0.1, 0.15) is 11.3 Å². The predicted octanol–water partition coefficient (Wildman–Crippen LogP) is 0.180. The molecule has 0 bridgehead atoms. The third-order valence-corrected chi connectivity index (χ3v) is 3.45. The highest BCUT2D eigenvalue weighted by Crippen LogP contribution is 2.15. The van der Waals surface area contributed by atoms with Crippen molar-refractivity contribution in [1.29, 1.82) is 0 Å². The number of hydrogen-bond donors (Lipinski definition) is 2. The van der Waals surface area contributed by atoms with Gasteiger partial charge in [0.15, 0.2) is 0 Å². The Morgan fingerprint density at radius 3 is 2.72 bits per heavy atom. The number of aliphatic hydroxyl groups excluding tert-OH is 2. The SMILES string of the molecule is Cc1cccn2cc(CN3CC(O)C(O)C3)nc12. The monoisotopic (exact) mass is 247 g/mol. The van der Waals surface area contributed by atoms with Crippen molar-refractivity contribution in [3.63, 3.8) is 0 Å². The first-order chi connectivity index (χ1) is 8.63. The minimum atomic E-state index is -0.635. The first-order valence-electron chi connectivity index (χ1n) is 6.15. The fourth-order valence-corrected chi connectivity index (χ4v) is 2.49. The summed E-state index contributed by atoms with van der Waals surface area (Å²) in [5.74, 6) is 0. The van der Waals surface area contributed by atoms with E-state index >= 15 is 0 Å². The minimum absolute atomic E-state index is 0.508. The van der Waals surface area contributed by atoms with E-state index in [1.54, 1.807) is 0 Å². The van der Waals surface area contributed by atoms with Crippen LogP contribution in [0, 0.1) is 6.92 Å². The molecule has 2 N–H and O–H groups in total. The smallest absolute Gasteiger partial charge is 0.139 e. The molecule has 18 heavy (non-hydrogen) atoms. The molecular weight excluding hydrogens is 230 g/mol. The second-order valence-corrected chi connectivity index (χ2v) is 4.98. The van der Waals surface area contributed by atoms with E-state index in [1.165, 1.54) is 0 Å². The van der Waals surface area contributed by atoms with Gasteiger partial charge in [-0.25, -0.2) is 4.98 Å².